The van der Waals surface area contributed by atoms with Gasteiger partial charge in [-0.1, -0.05) is 11.7 Å². The van der Waals surface area contributed by atoms with Crippen molar-refractivity contribution in [1.29, 1.82) is 0 Å². The van der Waals surface area contributed by atoms with E-state index in [1.165, 1.54) is 0 Å². The number of nitrogens with zero attached hydrogens (tertiary/aromatic N) is 1. The average Bonchev–Trinajstić information content (AvgIpc) is 1.90. The predicted octanol–water partition coefficient (Wildman–Crippen LogP) is 0.146. The maximum Gasteiger partial charge on any atom is 0.228 e. The first kappa shape index (κ1) is 5.31. The fraction of sp³-hybridized carbons (Fsp3) is 0. The lowest BCUT2D eigenvalue weighted by Gasteiger charge is -1.79. The number of hydrogen-bond donors (Lipinski definition) is 0. The Morgan fingerprint density at radius 1 is 1.50 bits per heavy atom. The van der Waals surface area contributed by atoms with Gasteiger partial charge in [-0.3, -0.25) is 4.64 Å². The lowest BCUT2D eigenvalue weighted by Crippen LogP contribution is -1.99. The van der Waals surface area contributed by atoms with E-state index in [4.69, 9.17) is 0 Å². The molecule has 0 bridgehead atoms. The molecule has 0 spiro atoms. The molecular formula is C5H5NOSi. The summed E-state index contributed by atoms with van der Waals surface area (Å²) in [5.41, 5.74) is 1.84. The molecule has 1 rings (SSSR count). The normalized spacial score (nSPS) is 8.50. The van der Waals surface area contributed by atoms with Gasteiger partial charge in [0.25, 0.3) is 0 Å². The van der Waals surface area contributed by atoms with E-state index < -0.39 is 8.57 Å². The van der Waals surface area contributed by atoms with Gasteiger partial charge in [0.2, 0.25) is 8.57 Å². The minimum atomic E-state index is -1.11. The number of carbonyl (C=O) groups excluding carboxylic acids is 1. The molecule has 0 N–H and O–H groups in total. The lowest BCUT2D eigenvalue weighted by atomic mass is 10.7. The zero-order valence-electron chi connectivity index (χ0n) is 4.24. The molecule has 0 amide bonds. The summed E-state index contributed by atoms with van der Waals surface area (Å²) < 4.78 is 3.91. The lowest BCUT2D eigenvalue weighted by molar-refractivity contribution is 0.568. The summed E-state index contributed by atoms with van der Waals surface area (Å²) in [7, 11) is -1.11. The standard InChI is InChI=1S/C5H5NOSi/c7-5-8-4-2-1-3-6-8/h1-5H. The largest absolute Gasteiger partial charge is 0.302 e. The van der Waals surface area contributed by atoms with E-state index >= 15 is 0 Å². The van der Waals surface area contributed by atoms with Crippen molar-refractivity contribution in [1.82, 2.24) is 4.64 Å². The Morgan fingerprint density at radius 3 is 2.75 bits per heavy atom. The maximum absolute atomic E-state index is 10.0. The molecule has 8 heavy (non-hydrogen) atoms. The third-order valence-corrected chi connectivity index (χ3v) is 2.03. The summed E-state index contributed by atoms with van der Waals surface area (Å²) in [6.45, 7) is 0. The van der Waals surface area contributed by atoms with Crippen LogP contribution in [0.3, 0.4) is 0 Å². The molecule has 0 aliphatic carbocycles. The molecular weight excluding hydrogens is 118 g/mol. The van der Waals surface area contributed by atoms with Gasteiger partial charge in [-0.15, -0.1) is 0 Å². The van der Waals surface area contributed by atoms with Crippen molar-refractivity contribution >= 4 is 14.5 Å². The minimum absolute atomic E-state index is 0.907. The molecule has 1 heterocycles. The van der Waals surface area contributed by atoms with Crippen LogP contribution in [0.25, 0.3) is 0 Å². The van der Waals surface area contributed by atoms with Crippen LogP contribution in [0.15, 0.2) is 24.0 Å². The first-order chi connectivity index (χ1) is 3.93. The van der Waals surface area contributed by atoms with Crippen molar-refractivity contribution in [2.45, 2.75) is 0 Å². The Hall–Kier alpha value is -0.833. The number of carbonyl (C=O) groups is 1. The minimum Gasteiger partial charge on any atom is -0.302 e. The Kier molecular flexibility index (Phi) is 1.64. The summed E-state index contributed by atoms with van der Waals surface area (Å²) in [6.07, 6.45) is 1.67. The van der Waals surface area contributed by atoms with Crippen LogP contribution in [0.1, 0.15) is 0 Å². The van der Waals surface area contributed by atoms with Crippen molar-refractivity contribution < 1.29 is 4.79 Å². The van der Waals surface area contributed by atoms with E-state index in [0.717, 1.165) is 5.91 Å². The monoisotopic (exact) mass is 123 g/mol. The van der Waals surface area contributed by atoms with Gasteiger partial charge in [-0.25, -0.2) is 0 Å². The molecule has 0 atom stereocenters. The number of hydrogen-bond acceptors (Lipinski definition) is 2. The topological polar surface area (TPSA) is 30.0 Å². The highest BCUT2D eigenvalue weighted by atomic mass is 28.2. The molecule has 1 aromatic heterocycles. The zero-order chi connectivity index (χ0) is 5.82. The van der Waals surface area contributed by atoms with Gasteiger partial charge in [-0.2, -0.15) is 0 Å². The fourth-order valence-corrected chi connectivity index (χ4v) is 1.24. The highest BCUT2D eigenvalue weighted by Gasteiger charge is 1.84. The second kappa shape index (κ2) is 2.47. The van der Waals surface area contributed by atoms with E-state index in [1.54, 1.807) is 6.20 Å². The molecule has 0 aromatic carbocycles. The quantitative estimate of drug-likeness (QED) is 0.393. The molecule has 0 fully saturated rings. The maximum atomic E-state index is 10.0. The highest BCUT2D eigenvalue weighted by molar-refractivity contribution is 6.73. The molecule has 0 saturated heterocycles. The van der Waals surface area contributed by atoms with Crippen LogP contribution in [-0.2, 0) is 4.79 Å². The van der Waals surface area contributed by atoms with Gasteiger partial charge in [0.1, 0.15) is 5.91 Å². The van der Waals surface area contributed by atoms with Gasteiger partial charge in [0.15, 0.2) is 0 Å². The molecule has 2 nitrogen and oxygen atoms in total. The Balaban J connectivity index is 2.99. The summed E-state index contributed by atoms with van der Waals surface area (Å²) in [4.78, 5) is 10.0. The van der Waals surface area contributed by atoms with Crippen LogP contribution < -0.4 is 0 Å². The first-order valence-electron chi connectivity index (χ1n) is 2.29. The van der Waals surface area contributed by atoms with Crippen molar-refractivity contribution in [2.75, 3.05) is 0 Å². The molecule has 40 valence electrons. The number of rotatable bonds is 1. The Labute approximate surface area is 48.8 Å². The van der Waals surface area contributed by atoms with Crippen molar-refractivity contribution in [3.63, 3.8) is 0 Å². The fourth-order valence-electron chi connectivity index (χ4n) is 0.446. The summed E-state index contributed by atoms with van der Waals surface area (Å²) in [5.74, 6) is 0.907. The van der Waals surface area contributed by atoms with Gasteiger partial charge >= 0.3 is 0 Å². The summed E-state index contributed by atoms with van der Waals surface area (Å²) in [5, 5.41) is 0. The van der Waals surface area contributed by atoms with Crippen LogP contribution in [0.4, 0.5) is 0 Å². The second-order valence-electron chi connectivity index (χ2n) is 1.37. The smallest absolute Gasteiger partial charge is 0.228 e. The highest BCUT2D eigenvalue weighted by Crippen LogP contribution is 1.74. The molecule has 0 radical (unpaired) electrons. The molecule has 0 unspecified atom stereocenters. The zero-order valence-corrected chi connectivity index (χ0v) is 5.24. The van der Waals surface area contributed by atoms with Crippen LogP contribution in [0.2, 0.25) is 0 Å². The Morgan fingerprint density at radius 2 is 2.38 bits per heavy atom. The molecule has 0 aliphatic rings. The van der Waals surface area contributed by atoms with E-state index in [1.807, 2.05) is 17.8 Å². The van der Waals surface area contributed by atoms with Gasteiger partial charge in [-0.05, 0) is 6.07 Å². The van der Waals surface area contributed by atoms with E-state index in [-0.39, 0.29) is 0 Å². The van der Waals surface area contributed by atoms with Crippen LogP contribution >= 0.6 is 0 Å². The van der Waals surface area contributed by atoms with E-state index in [0.29, 0.717) is 0 Å². The Bertz CT molecular complexity index is 175. The number of aromatic nitrogens is 1. The predicted molar refractivity (Wildman–Crippen MR) is 32.3 cm³/mol. The van der Waals surface area contributed by atoms with Crippen LogP contribution in [0.5, 0.6) is 0 Å². The van der Waals surface area contributed by atoms with Gasteiger partial charge < -0.3 is 4.79 Å². The third-order valence-electron chi connectivity index (χ3n) is 0.809. The molecule has 3 heteroatoms. The van der Waals surface area contributed by atoms with Crippen molar-refractivity contribution in [3.05, 3.63) is 24.0 Å². The molecule has 1 aromatic rings. The van der Waals surface area contributed by atoms with Crippen LogP contribution in [0, 0.1) is 0 Å². The first-order valence-corrected chi connectivity index (χ1v) is 3.90. The average molecular weight is 123 g/mol. The molecule has 0 aliphatic heterocycles. The SMILES string of the molecule is O=C[si]1ccccn1. The van der Waals surface area contributed by atoms with Crippen LogP contribution in [-0.4, -0.2) is 19.1 Å². The van der Waals surface area contributed by atoms with Gasteiger partial charge in [0.05, 0.1) is 0 Å². The third kappa shape index (κ3) is 1.07. The van der Waals surface area contributed by atoms with Crippen molar-refractivity contribution in [3.8, 4) is 0 Å². The van der Waals surface area contributed by atoms with Gasteiger partial charge in [0, 0.05) is 6.20 Å². The molecule has 0 saturated carbocycles. The van der Waals surface area contributed by atoms with E-state index in [9.17, 15) is 4.79 Å². The van der Waals surface area contributed by atoms with Crippen molar-refractivity contribution in [2.24, 2.45) is 0 Å². The summed E-state index contributed by atoms with van der Waals surface area (Å²) >= 11 is 0. The second-order valence-corrected chi connectivity index (χ2v) is 3.05. The van der Waals surface area contributed by atoms with E-state index in [2.05, 4.69) is 4.64 Å². The summed E-state index contributed by atoms with van der Waals surface area (Å²) in [6, 6.07) is 3.67.